The van der Waals surface area contributed by atoms with Crippen molar-refractivity contribution < 1.29 is 19.2 Å². The van der Waals surface area contributed by atoms with Gasteiger partial charge in [0.15, 0.2) is 5.78 Å². The monoisotopic (exact) mass is 446 g/mol. The predicted octanol–water partition coefficient (Wildman–Crippen LogP) is 4.94. The van der Waals surface area contributed by atoms with Crippen molar-refractivity contribution in [3.05, 3.63) is 98.4 Å². The lowest BCUT2D eigenvalue weighted by Crippen LogP contribution is -2.38. The van der Waals surface area contributed by atoms with Crippen LogP contribution in [0.5, 0.6) is 0 Å². The van der Waals surface area contributed by atoms with E-state index in [0.29, 0.717) is 29.7 Å². The number of nitro groups is 1. The Morgan fingerprint density at radius 2 is 1.79 bits per heavy atom. The van der Waals surface area contributed by atoms with E-state index in [-0.39, 0.29) is 29.1 Å². The van der Waals surface area contributed by atoms with Crippen LogP contribution in [0, 0.1) is 15.5 Å². The number of nitro benzene ring substituents is 1. The van der Waals surface area contributed by atoms with E-state index < -0.39 is 16.8 Å². The van der Waals surface area contributed by atoms with E-state index in [1.165, 1.54) is 6.07 Å². The second kappa shape index (κ2) is 8.65. The molecule has 2 aliphatic rings. The molecule has 170 valence electrons. The number of para-hydroxylation sites is 1. The van der Waals surface area contributed by atoms with Crippen molar-refractivity contribution in [1.29, 1.82) is 0 Å². The predicted molar refractivity (Wildman–Crippen MR) is 123 cm³/mol. The van der Waals surface area contributed by atoms with Crippen LogP contribution in [0.4, 0.5) is 5.69 Å². The second-order valence-electron chi connectivity index (χ2n) is 9.31. The fourth-order valence-electron chi connectivity index (χ4n) is 4.72. The lowest BCUT2D eigenvalue weighted by molar-refractivity contribution is -0.385. The highest BCUT2D eigenvalue weighted by Crippen LogP contribution is 2.48. The standard InChI is InChI=1S/C26H26N2O5/c1-16-22(25(30)33-15-17-9-5-4-6-10-17)23(18-11-7-8-12-20(18)28(31)32)24-19(27-16)13-26(2,3)14-21(24)29/h4-12,23,27H,13-15H2,1-3H3. The molecule has 0 fully saturated rings. The maximum Gasteiger partial charge on any atom is 0.337 e. The van der Waals surface area contributed by atoms with Crippen LogP contribution in [0.2, 0.25) is 0 Å². The van der Waals surface area contributed by atoms with E-state index >= 15 is 0 Å². The minimum atomic E-state index is -0.866. The highest BCUT2D eigenvalue weighted by atomic mass is 16.6. The number of carbonyl (C=O) groups is 2. The minimum absolute atomic E-state index is 0.0624. The van der Waals surface area contributed by atoms with E-state index in [1.807, 2.05) is 44.2 Å². The molecular weight excluding hydrogens is 420 g/mol. The summed E-state index contributed by atoms with van der Waals surface area (Å²) in [6.45, 7) is 5.84. The summed E-state index contributed by atoms with van der Waals surface area (Å²) in [6, 6.07) is 15.6. The van der Waals surface area contributed by atoms with Gasteiger partial charge < -0.3 is 10.1 Å². The zero-order valence-corrected chi connectivity index (χ0v) is 18.9. The van der Waals surface area contributed by atoms with Crippen LogP contribution in [0.3, 0.4) is 0 Å². The molecule has 1 N–H and O–H groups in total. The first kappa shape index (κ1) is 22.5. The maximum atomic E-state index is 13.3. The Labute approximate surface area is 192 Å². The summed E-state index contributed by atoms with van der Waals surface area (Å²) in [7, 11) is 0. The topological polar surface area (TPSA) is 98.5 Å². The highest BCUT2D eigenvalue weighted by molar-refractivity contribution is 6.04. The number of ether oxygens (including phenoxy) is 1. The average Bonchev–Trinajstić information content (AvgIpc) is 2.76. The molecule has 0 radical (unpaired) electrons. The number of allylic oxidation sites excluding steroid dienone is 3. The third-order valence-corrected chi connectivity index (χ3v) is 6.12. The van der Waals surface area contributed by atoms with Gasteiger partial charge in [-0.05, 0) is 24.3 Å². The van der Waals surface area contributed by atoms with Gasteiger partial charge in [0.05, 0.1) is 16.4 Å². The first-order valence-corrected chi connectivity index (χ1v) is 10.9. The van der Waals surface area contributed by atoms with Gasteiger partial charge in [0.25, 0.3) is 5.69 Å². The maximum absolute atomic E-state index is 13.3. The number of nitrogens with zero attached hydrogens (tertiary/aromatic N) is 1. The molecule has 1 aliphatic heterocycles. The van der Waals surface area contributed by atoms with Crippen molar-refractivity contribution in [2.45, 2.75) is 46.1 Å². The van der Waals surface area contributed by atoms with Gasteiger partial charge in [-0.2, -0.15) is 0 Å². The zero-order valence-electron chi connectivity index (χ0n) is 18.9. The van der Waals surface area contributed by atoms with Crippen molar-refractivity contribution in [3.8, 4) is 0 Å². The largest absolute Gasteiger partial charge is 0.457 e. The Kier molecular flexibility index (Phi) is 5.89. The summed E-state index contributed by atoms with van der Waals surface area (Å²) in [4.78, 5) is 38.0. The fourth-order valence-corrected chi connectivity index (χ4v) is 4.72. The number of Topliss-reactive ketones (excluding diaryl/α,β-unsaturated/α-hetero) is 1. The first-order chi connectivity index (χ1) is 15.7. The number of carbonyl (C=O) groups excluding carboxylic acids is 2. The molecule has 0 bridgehead atoms. The van der Waals surface area contributed by atoms with Crippen molar-refractivity contribution in [3.63, 3.8) is 0 Å². The van der Waals surface area contributed by atoms with Gasteiger partial charge in [0, 0.05) is 35.0 Å². The van der Waals surface area contributed by atoms with Crippen LogP contribution in [-0.4, -0.2) is 16.7 Å². The van der Waals surface area contributed by atoms with Gasteiger partial charge in [-0.3, -0.25) is 14.9 Å². The summed E-state index contributed by atoms with van der Waals surface area (Å²) in [5.41, 5.74) is 2.67. The van der Waals surface area contributed by atoms with Crippen LogP contribution in [0.25, 0.3) is 0 Å². The number of hydrogen-bond donors (Lipinski definition) is 1. The molecule has 0 amide bonds. The first-order valence-electron chi connectivity index (χ1n) is 10.9. The molecule has 7 nitrogen and oxygen atoms in total. The fraction of sp³-hybridized carbons (Fsp3) is 0.308. The molecule has 1 aliphatic carbocycles. The lowest BCUT2D eigenvalue weighted by atomic mass is 9.68. The van der Waals surface area contributed by atoms with Gasteiger partial charge in [0.2, 0.25) is 0 Å². The molecule has 7 heteroatoms. The lowest BCUT2D eigenvalue weighted by Gasteiger charge is -2.39. The molecule has 4 rings (SSSR count). The van der Waals surface area contributed by atoms with Crippen LogP contribution < -0.4 is 5.32 Å². The van der Waals surface area contributed by atoms with E-state index in [9.17, 15) is 19.7 Å². The van der Waals surface area contributed by atoms with E-state index in [2.05, 4.69) is 5.32 Å². The third kappa shape index (κ3) is 4.44. The molecule has 1 atom stereocenters. The Morgan fingerprint density at radius 3 is 2.48 bits per heavy atom. The Hall–Kier alpha value is -3.74. The van der Waals surface area contributed by atoms with E-state index in [0.717, 1.165) is 11.3 Å². The van der Waals surface area contributed by atoms with E-state index in [1.54, 1.807) is 25.1 Å². The van der Waals surface area contributed by atoms with Gasteiger partial charge in [-0.1, -0.05) is 62.4 Å². The molecule has 0 saturated heterocycles. The van der Waals surface area contributed by atoms with Gasteiger partial charge in [-0.25, -0.2) is 4.79 Å². The smallest absolute Gasteiger partial charge is 0.337 e. The highest BCUT2D eigenvalue weighted by Gasteiger charge is 2.44. The number of esters is 1. The minimum Gasteiger partial charge on any atom is -0.457 e. The molecule has 0 spiro atoms. The molecule has 0 aromatic heterocycles. The number of benzene rings is 2. The molecule has 0 saturated carbocycles. The van der Waals surface area contributed by atoms with Crippen LogP contribution >= 0.6 is 0 Å². The van der Waals surface area contributed by atoms with Crippen molar-refractivity contribution in [2.24, 2.45) is 5.41 Å². The van der Waals surface area contributed by atoms with Crippen molar-refractivity contribution in [2.75, 3.05) is 0 Å². The Balaban J connectivity index is 1.81. The molecule has 2 aromatic carbocycles. The second-order valence-corrected chi connectivity index (χ2v) is 9.31. The van der Waals surface area contributed by atoms with Crippen LogP contribution in [-0.2, 0) is 20.9 Å². The van der Waals surface area contributed by atoms with Gasteiger partial charge in [-0.15, -0.1) is 0 Å². The quantitative estimate of drug-likeness (QED) is 0.397. The SMILES string of the molecule is CC1=C(C(=O)OCc2ccccc2)C(c2ccccc2[N+](=O)[O-])C2=C(CC(C)(C)CC2=O)N1. The third-order valence-electron chi connectivity index (χ3n) is 6.12. The normalized spacial score (nSPS) is 19.6. The van der Waals surface area contributed by atoms with Crippen LogP contribution in [0.15, 0.2) is 77.1 Å². The van der Waals surface area contributed by atoms with Crippen molar-refractivity contribution >= 4 is 17.4 Å². The summed E-state index contributed by atoms with van der Waals surface area (Å²) < 4.78 is 5.61. The Bertz CT molecular complexity index is 1190. The molecular formula is C26H26N2O5. The summed E-state index contributed by atoms with van der Waals surface area (Å²) >= 11 is 0. The Morgan fingerprint density at radius 1 is 1.12 bits per heavy atom. The number of hydrogen-bond acceptors (Lipinski definition) is 6. The summed E-state index contributed by atoms with van der Waals surface area (Å²) in [6.07, 6.45) is 0.908. The number of rotatable bonds is 5. The summed E-state index contributed by atoms with van der Waals surface area (Å²) in [5.74, 6) is -1.58. The number of ketones is 1. The molecule has 33 heavy (non-hydrogen) atoms. The van der Waals surface area contributed by atoms with E-state index in [4.69, 9.17) is 4.74 Å². The molecule has 1 unspecified atom stereocenters. The summed E-state index contributed by atoms with van der Waals surface area (Å²) in [5, 5.41) is 15.1. The van der Waals surface area contributed by atoms with Gasteiger partial charge in [0.1, 0.15) is 6.61 Å². The zero-order chi connectivity index (χ0) is 23.8. The average molecular weight is 447 g/mol. The van der Waals surface area contributed by atoms with Crippen molar-refractivity contribution in [1.82, 2.24) is 5.32 Å². The number of dihydropyridines is 1. The van der Waals surface area contributed by atoms with Gasteiger partial charge >= 0.3 is 5.97 Å². The molecule has 2 aromatic rings. The number of nitrogens with one attached hydrogen (secondary N) is 1. The van der Waals surface area contributed by atoms with Crippen LogP contribution in [0.1, 0.15) is 50.7 Å². The molecule has 1 heterocycles.